The van der Waals surface area contributed by atoms with Gasteiger partial charge in [-0.2, -0.15) is 0 Å². The van der Waals surface area contributed by atoms with Gasteiger partial charge in [0.15, 0.2) is 0 Å². The van der Waals surface area contributed by atoms with E-state index in [1.54, 1.807) is 0 Å². The number of rotatable bonds is 3. The van der Waals surface area contributed by atoms with E-state index in [1.807, 2.05) is 4.68 Å². The molecule has 0 radical (unpaired) electrons. The van der Waals surface area contributed by atoms with Gasteiger partial charge >= 0.3 is 0 Å². The Balaban J connectivity index is 1.94. The smallest absolute Gasteiger partial charge is 0.100 e. The standard InChI is InChI=1S/C17H18N4/c18-11-15-17(13-7-3-8-13)21(20-19-15)16-10-4-6-12-5-1-2-9-14(12)16/h1-2,4-6,9-10,13H,3,7-8,11,18H2. The number of hydrogen-bond donors (Lipinski definition) is 1. The second-order valence-electron chi connectivity index (χ2n) is 5.66. The largest absolute Gasteiger partial charge is 0.325 e. The number of hydrogen-bond acceptors (Lipinski definition) is 3. The first kappa shape index (κ1) is 12.5. The summed E-state index contributed by atoms with van der Waals surface area (Å²) in [6.45, 7) is 0.455. The van der Waals surface area contributed by atoms with Crippen LogP contribution in [0, 0.1) is 0 Å². The second-order valence-corrected chi connectivity index (χ2v) is 5.66. The third kappa shape index (κ3) is 1.94. The number of aromatic nitrogens is 3. The zero-order valence-electron chi connectivity index (χ0n) is 11.9. The highest BCUT2D eigenvalue weighted by molar-refractivity contribution is 5.90. The van der Waals surface area contributed by atoms with E-state index in [1.165, 1.54) is 35.7 Å². The second kappa shape index (κ2) is 4.97. The van der Waals surface area contributed by atoms with Gasteiger partial charge in [-0.25, -0.2) is 4.68 Å². The van der Waals surface area contributed by atoms with Gasteiger partial charge in [-0.15, -0.1) is 5.10 Å². The summed E-state index contributed by atoms with van der Waals surface area (Å²) in [7, 11) is 0. The van der Waals surface area contributed by atoms with Gasteiger partial charge in [-0.1, -0.05) is 48.0 Å². The Kier molecular flexibility index (Phi) is 2.97. The van der Waals surface area contributed by atoms with Crippen molar-refractivity contribution >= 4 is 10.8 Å². The maximum Gasteiger partial charge on any atom is 0.100 e. The van der Waals surface area contributed by atoms with Crippen LogP contribution in [0.5, 0.6) is 0 Å². The molecule has 4 heteroatoms. The molecule has 1 aromatic heterocycles. The monoisotopic (exact) mass is 278 g/mol. The average Bonchev–Trinajstić information content (AvgIpc) is 2.88. The van der Waals surface area contributed by atoms with E-state index in [4.69, 9.17) is 5.73 Å². The molecule has 2 aromatic carbocycles. The molecule has 0 bridgehead atoms. The van der Waals surface area contributed by atoms with E-state index in [9.17, 15) is 0 Å². The lowest BCUT2D eigenvalue weighted by Crippen LogP contribution is -2.17. The van der Waals surface area contributed by atoms with Crippen LogP contribution in [-0.4, -0.2) is 15.0 Å². The van der Waals surface area contributed by atoms with Crippen molar-refractivity contribution in [3.05, 3.63) is 53.9 Å². The maximum atomic E-state index is 5.86. The minimum atomic E-state index is 0.455. The SMILES string of the molecule is NCc1nnn(-c2cccc3ccccc23)c1C1CCC1. The summed E-state index contributed by atoms with van der Waals surface area (Å²) in [5, 5.41) is 11.1. The van der Waals surface area contributed by atoms with Crippen molar-refractivity contribution in [2.75, 3.05) is 0 Å². The van der Waals surface area contributed by atoms with Gasteiger partial charge in [0.05, 0.1) is 11.4 Å². The fraction of sp³-hybridized carbons (Fsp3) is 0.294. The average molecular weight is 278 g/mol. The molecule has 4 nitrogen and oxygen atoms in total. The van der Waals surface area contributed by atoms with Crippen LogP contribution in [0.25, 0.3) is 16.5 Å². The summed E-state index contributed by atoms with van der Waals surface area (Å²) in [5.41, 5.74) is 9.10. The van der Waals surface area contributed by atoms with Crippen LogP contribution in [0.4, 0.5) is 0 Å². The molecule has 1 aliphatic carbocycles. The predicted molar refractivity (Wildman–Crippen MR) is 83.3 cm³/mol. The Bertz CT molecular complexity index is 781. The first-order valence-corrected chi connectivity index (χ1v) is 7.51. The third-order valence-corrected chi connectivity index (χ3v) is 4.46. The first-order chi connectivity index (χ1) is 10.4. The molecule has 4 rings (SSSR count). The van der Waals surface area contributed by atoms with Crippen molar-refractivity contribution in [1.29, 1.82) is 0 Å². The highest BCUT2D eigenvalue weighted by Gasteiger charge is 2.28. The van der Waals surface area contributed by atoms with Crippen molar-refractivity contribution < 1.29 is 0 Å². The van der Waals surface area contributed by atoms with Crippen LogP contribution in [0.2, 0.25) is 0 Å². The van der Waals surface area contributed by atoms with Gasteiger partial charge in [0.25, 0.3) is 0 Å². The zero-order chi connectivity index (χ0) is 14.2. The molecular weight excluding hydrogens is 260 g/mol. The van der Waals surface area contributed by atoms with Crippen LogP contribution >= 0.6 is 0 Å². The Morgan fingerprint density at radius 3 is 2.67 bits per heavy atom. The lowest BCUT2D eigenvalue weighted by atomic mass is 9.82. The highest BCUT2D eigenvalue weighted by Crippen LogP contribution is 2.39. The van der Waals surface area contributed by atoms with Crippen LogP contribution < -0.4 is 5.73 Å². The third-order valence-electron chi connectivity index (χ3n) is 4.46. The Morgan fingerprint density at radius 1 is 1.10 bits per heavy atom. The van der Waals surface area contributed by atoms with E-state index < -0.39 is 0 Å². The van der Waals surface area contributed by atoms with Gasteiger partial charge < -0.3 is 5.73 Å². The van der Waals surface area contributed by atoms with Crippen LogP contribution in [0.15, 0.2) is 42.5 Å². The molecule has 0 atom stereocenters. The molecular formula is C17H18N4. The quantitative estimate of drug-likeness (QED) is 0.800. The first-order valence-electron chi connectivity index (χ1n) is 7.51. The molecule has 0 aliphatic heterocycles. The molecule has 1 fully saturated rings. The van der Waals surface area contributed by atoms with Crippen molar-refractivity contribution in [1.82, 2.24) is 15.0 Å². The van der Waals surface area contributed by atoms with Gasteiger partial charge in [-0.3, -0.25) is 0 Å². The molecule has 1 saturated carbocycles. The predicted octanol–water partition coefficient (Wildman–Crippen LogP) is 3.15. The highest BCUT2D eigenvalue weighted by atomic mass is 15.4. The van der Waals surface area contributed by atoms with Gasteiger partial charge in [0, 0.05) is 17.8 Å². The molecule has 0 amide bonds. The summed E-state index contributed by atoms with van der Waals surface area (Å²) < 4.78 is 2.01. The number of nitrogens with zero attached hydrogens (tertiary/aromatic N) is 3. The summed E-state index contributed by atoms with van der Waals surface area (Å²) in [6, 6.07) is 14.7. The Morgan fingerprint density at radius 2 is 1.90 bits per heavy atom. The molecule has 0 saturated heterocycles. The molecule has 106 valence electrons. The molecule has 3 aromatic rings. The van der Waals surface area contributed by atoms with E-state index >= 15 is 0 Å². The molecule has 21 heavy (non-hydrogen) atoms. The number of benzene rings is 2. The van der Waals surface area contributed by atoms with Crippen LogP contribution in [0.1, 0.15) is 36.6 Å². The van der Waals surface area contributed by atoms with Crippen molar-refractivity contribution in [3.63, 3.8) is 0 Å². The summed E-state index contributed by atoms with van der Waals surface area (Å²) in [6.07, 6.45) is 3.71. The van der Waals surface area contributed by atoms with E-state index in [0.29, 0.717) is 12.5 Å². The zero-order valence-corrected chi connectivity index (χ0v) is 11.9. The summed E-state index contributed by atoms with van der Waals surface area (Å²) in [5.74, 6) is 0.553. The van der Waals surface area contributed by atoms with Gasteiger partial charge in [0.1, 0.15) is 5.69 Å². The van der Waals surface area contributed by atoms with Crippen LogP contribution in [-0.2, 0) is 6.54 Å². The normalized spacial score (nSPS) is 15.3. The number of fused-ring (bicyclic) bond motifs is 1. The van der Waals surface area contributed by atoms with E-state index in [-0.39, 0.29) is 0 Å². The molecule has 1 aliphatic rings. The molecule has 0 spiro atoms. The topological polar surface area (TPSA) is 56.7 Å². The Hall–Kier alpha value is -2.20. The van der Waals surface area contributed by atoms with Crippen LogP contribution in [0.3, 0.4) is 0 Å². The van der Waals surface area contributed by atoms with Crippen molar-refractivity contribution in [2.45, 2.75) is 31.7 Å². The summed E-state index contributed by atoms with van der Waals surface area (Å²) in [4.78, 5) is 0. The summed E-state index contributed by atoms with van der Waals surface area (Å²) >= 11 is 0. The lowest BCUT2D eigenvalue weighted by Gasteiger charge is -2.26. The van der Waals surface area contributed by atoms with E-state index in [0.717, 1.165) is 11.4 Å². The van der Waals surface area contributed by atoms with Gasteiger partial charge in [0.2, 0.25) is 0 Å². The number of nitrogens with two attached hydrogens (primary N) is 1. The maximum absolute atomic E-state index is 5.86. The minimum absolute atomic E-state index is 0.455. The molecule has 0 unspecified atom stereocenters. The fourth-order valence-corrected chi connectivity index (χ4v) is 3.13. The fourth-order valence-electron chi connectivity index (χ4n) is 3.13. The molecule has 2 N–H and O–H groups in total. The van der Waals surface area contributed by atoms with E-state index in [2.05, 4.69) is 52.8 Å². The van der Waals surface area contributed by atoms with Crippen molar-refractivity contribution in [3.8, 4) is 5.69 Å². The van der Waals surface area contributed by atoms with Gasteiger partial charge in [-0.05, 0) is 24.3 Å². The lowest BCUT2D eigenvalue weighted by molar-refractivity contribution is 0.401. The molecule has 1 heterocycles. The Labute approximate surface area is 123 Å². The van der Waals surface area contributed by atoms with Crippen molar-refractivity contribution in [2.24, 2.45) is 5.73 Å². The minimum Gasteiger partial charge on any atom is -0.325 e.